The van der Waals surface area contributed by atoms with Gasteiger partial charge in [-0.3, -0.25) is 9.69 Å². The van der Waals surface area contributed by atoms with Crippen LogP contribution in [0.4, 0.5) is 5.69 Å². The number of piperazine rings is 1. The van der Waals surface area contributed by atoms with Crippen LogP contribution in [0.3, 0.4) is 0 Å². The molecule has 0 radical (unpaired) electrons. The number of carbonyl (C=O) groups excluding carboxylic acids is 1. The molecule has 5 heteroatoms. The molecule has 170 valence electrons. The molecular weight excluding hydrogens is 408 g/mol. The van der Waals surface area contributed by atoms with E-state index in [0.717, 1.165) is 30.9 Å². The molecule has 2 atom stereocenters. The van der Waals surface area contributed by atoms with E-state index in [-0.39, 0.29) is 5.91 Å². The van der Waals surface area contributed by atoms with Gasteiger partial charge >= 0.3 is 0 Å². The minimum Gasteiger partial charge on any atom is -0.378 e. The Labute approximate surface area is 196 Å². The predicted octanol–water partition coefficient (Wildman–Crippen LogP) is 3.90. The van der Waals surface area contributed by atoms with Crippen LogP contribution in [0.25, 0.3) is 11.1 Å². The van der Waals surface area contributed by atoms with Gasteiger partial charge in [0.15, 0.2) is 0 Å². The van der Waals surface area contributed by atoms with Crippen LogP contribution >= 0.6 is 0 Å². The van der Waals surface area contributed by atoms with Crippen LogP contribution in [-0.2, 0) is 13.1 Å². The summed E-state index contributed by atoms with van der Waals surface area (Å²) in [5.74, 6) is -0.0551. The molecule has 2 aliphatic rings. The predicted molar refractivity (Wildman–Crippen MR) is 134 cm³/mol. The zero-order chi connectivity index (χ0) is 22.8. The zero-order valence-electron chi connectivity index (χ0n) is 19.4. The molecule has 2 bridgehead atoms. The van der Waals surface area contributed by atoms with Crippen LogP contribution in [0.1, 0.15) is 27.9 Å². The number of nitrogens with zero attached hydrogens (tertiary/aromatic N) is 2. The summed E-state index contributed by atoms with van der Waals surface area (Å²) in [4.78, 5) is 17.3. The van der Waals surface area contributed by atoms with Crippen molar-refractivity contribution >= 4 is 11.6 Å². The first kappa shape index (κ1) is 21.7. The van der Waals surface area contributed by atoms with Gasteiger partial charge in [-0.05, 0) is 59.0 Å². The summed E-state index contributed by atoms with van der Waals surface area (Å²) in [6.07, 6.45) is 1.28. The lowest BCUT2D eigenvalue weighted by atomic mass is 10.0. The van der Waals surface area contributed by atoms with Gasteiger partial charge < -0.3 is 15.5 Å². The van der Waals surface area contributed by atoms with Gasteiger partial charge in [0.05, 0.1) is 0 Å². The van der Waals surface area contributed by atoms with Crippen LogP contribution in [0, 0.1) is 0 Å². The molecule has 2 heterocycles. The van der Waals surface area contributed by atoms with Crippen molar-refractivity contribution in [3.05, 3.63) is 89.5 Å². The van der Waals surface area contributed by atoms with Gasteiger partial charge in [-0.1, -0.05) is 42.5 Å². The van der Waals surface area contributed by atoms with E-state index >= 15 is 0 Å². The van der Waals surface area contributed by atoms with E-state index in [2.05, 4.69) is 64.1 Å². The highest BCUT2D eigenvalue weighted by Gasteiger charge is 2.37. The molecule has 2 fully saturated rings. The Hall–Kier alpha value is -3.15. The highest BCUT2D eigenvalue weighted by molar-refractivity contribution is 5.95. The summed E-state index contributed by atoms with van der Waals surface area (Å²) in [6, 6.07) is 26.4. The molecule has 0 unspecified atom stereocenters. The number of rotatable bonds is 7. The van der Waals surface area contributed by atoms with Gasteiger partial charge in [-0.15, -0.1) is 0 Å². The Bertz CT molecular complexity index is 1140. The van der Waals surface area contributed by atoms with Crippen molar-refractivity contribution in [1.82, 2.24) is 15.5 Å². The highest BCUT2D eigenvalue weighted by Crippen LogP contribution is 2.27. The lowest BCUT2D eigenvalue weighted by Crippen LogP contribution is -2.42. The van der Waals surface area contributed by atoms with E-state index in [0.29, 0.717) is 24.2 Å². The van der Waals surface area contributed by atoms with Crippen molar-refractivity contribution in [2.75, 3.05) is 32.1 Å². The molecule has 0 spiro atoms. The van der Waals surface area contributed by atoms with E-state index in [4.69, 9.17) is 0 Å². The Morgan fingerprint density at radius 1 is 1.00 bits per heavy atom. The van der Waals surface area contributed by atoms with Gasteiger partial charge in [0, 0.05) is 63.6 Å². The lowest BCUT2D eigenvalue weighted by molar-refractivity contribution is 0.0951. The number of likely N-dealkylation sites (tertiary alicyclic amines) is 1. The Balaban J connectivity index is 1.25. The fourth-order valence-corrected chi connectivity index (χ4v) is 5.00. The first-order valence-electron chi connectivity index (χ1n) is 11.8. The van der Waals surface area contributed by atoms with E-state index in [1.165, 1.54) is 23.1 Å². The zero-order valence-corrected chi connectivity index (χ0v) is 19.4. The van der Waals surface area contributed by atoms with Gasteiger partial charge in [-0.25, -0.2) is 0 Å². The molecule has 3 aromatic carbocycles. The van der Waals surface area contributed by atoms with E-state index in [1.807, 2.05) is 43.3 Å². The van der Waals surface area contributed by atoms with Crippen LogP contribution in [0.5, 0.6) is 0 Å². The number of anilines is 1. The maximum absolute atomic E-state index is 12.7. The third-order valence-electron chi connectivity index (χ3n) is 6.82. The van der Waals surface area contributed by atoms with Crippen molar-refractivity contribution in [3.63, 3.8) is 0 Å². The summed E-state index contributed by atoms with van der Waals surface area (Å²) in [5.41, 5.74) is 6.56. The summed E-state index contributed by atoms with van der Waals surface area (Å²) in [5, 5.41) is 6.64. The Morgan fingerprint density at radius 3 is 2.42 bits per heavy atom. The minimum absolute atomic E-state index is 0.0551. The smallest absolute Gasteiger partial charge is 0.251 e. The third-order valence-corrected chi connectivity index (χ3v) is 6.82. The third kappa shape index (κ3) is 4.95. The SMILES string of the molecule is CN(C)c1cccc(C(=O)NCc2cccc(-c3cccc(CN4C[C@@H]5C[C@@H]4CN5)c3)c2)c1. The summed E-state index contributed by atoms with van der Waals surface area (Å²) < 4.78 is 0. The van der Waals surface area contributed by atoms with Crippen molar-refractivity contribution in [2.24, 2.45) is 0 Å². The number of amides is 1. The van der Waals surface area contributed by atoms with E-state index in [1.54, 1.807) is 0 Å². The Morgan fingerprint density at radius 2 is 1.73 bits per heavy atom. The van der Waals surface area contributed by atoms with Crippen LogP contribution < -0.4 is 15.5 Å². The first-order valence-corrected chi connectivity index (χ1v) is 11.8. The van der Waals surface area contributed by atoms with E-state index in [9.17, 15) is 4.79 Å². The van der Waals surface area contributed by atoms with Gasteiger partial charge in [0.2, 0.25) is 0 Å². The maximum Gasteiger partial charge on any atom is 0.251 e. The van der Waals surface area contributed by atoms with Crippen molar-refractivity contribution in [2.45, 2.75) is 31.6 Å². The number of hydrogen-bond acceptors (Lipinski definition) is 4. The molecule has 2 aliphatic heterocycles. The second-order valence-electron chi connectivity index (χ2n) is 9.45. The van der Waals surface area contributed by atoms with Gasteiger partial charge in [0.1, 0.15) is 0 Å². The molecule has 3 aromatic rings. The van der Waals surface area contributed by atoms with Crippen molar-refractivity contribution in [1.29, 1.82) is 0 Å². The topological polar surface area (TPSA) is 47.6 Å². The molecule has 2 saturated heterocycles. The molecule has 5 rings (SSSR count). The number of hydrogen-bond donors (Lipinski definition) is 2. The van der Waals surface area contributed by atoms with Crippen LogP contribution in [0.15, 0.2) is 72.8 Å². The molecule has 0 saturated carbocycles. The number of fused-ring (bicyclic) bond motifs is 2. The number of nitrogens with one attached hydrogen (secondary N) is 2. The molecular formula is C28H32N4O. The fraction of sp³-hybridized carbons (Fsp3) is 0.321. The number of benzene rings is 3. The van der Waals surface area contributed by atoms with Crippen LogP contribution in [0.2, 0.25) is 0 Å². The molecule has 1 amide bonds. The molecule has 2 N–H and O–H groups in total. The monoisotopic (exact) mass is 440 g/mol. The van der Waals surface area contributed by atoms with Crippen LogP contribution in [-0.4, -0.2) is 50.1 Å². The summed E-state index contributed by atoms with van der Waals surface area (Å²) in [7, 11) is 3.95. The molecule has 5 nitrogen and oxygen atoms in total. The largest absolute Gasteiger partial charge is 0.378 e. The normalized spacial score (nSPS) is 19.6. The second-order valence-corrected chi connectivity index (χ2v) is 9.45. The molecule has 0 aromatic heterocycles. The average Bonchev–Trinajstić information content (AvgIpc) is 3.46. The quantitative estimate of drug-likeness (QED) is 0.585. The standard InChI is InChI=1S/C28H32N4O/c1-31(2)26-11-5-10-24(14-26)28(33)30-16-20-6-3-8-22(12-20)23-9-4-7-21(13-23)18-32-19-25-15-27(32)17-29-25/h3-14,25,27,29H,15-19H2,1-2H3,(H,30,33)/t25-,27+/m0/s1. The first-order chi connectivity index (χ1) is 16.0. The van der Waals surface area contributed by atoms with E-state index < -0.39 is 0 Å². The summed E-state index contributed by atoms with van der Waals surface area (Å²) in [6.45, 7) is 3.79. The van der Waals surface area contributed by atoms with Crippen molar-refractivity contribution < 1.29 is 4.79 Å². The number of carbonyl (C=O) groups is 1. The maximum atomic E-state index is 12.7. The minimum atomic E-state index is -0.0551. The fourth-order valence-electron chi connectivity index (χ4n) is 5.00. The summed E-state index contributed by atoms with van der Waals surface area (Å²) >= 11 is 0. The van der Waals surface area contributed by atoms with Gasteiger partial charge in [-0.2, -0.15) is 0 Å². The molecule has 0 aliphatic carbocycles. The highest BCUT2D eigenvalue weighted by atomic mass is 16.1. The van der Waals surface area contributed by atoms with Gasteiger partial charge in [0.25, 0.3) is 5.91 Å². The van der Waals surface area contributed by atoms with Crippen molar-refractivity contribution in [3.8, 4) is 11.1 Å². The lowest BCUT2D eigenvalue weighted by Gasteiger charge is -2.27. The molecule has 33 heavy (non-hydrogen) atoms. The Kier molecular flexibility index (Phi) is 6.16. The average molecular weight is 441 g/mol. The second kappa shape index (κ2) is 9.38.